The van der Waals surface area contributed by atoms with Gasteiger partial charge in [-0.25, -0.2) is 0 Å². The van der Waals surface area contributed by atoms with Crippen LogP contribution in [0, 0.1) is 12.8 Å². The average molecular weight is 558 g/mol. The quantitative estimate of drug-likeness (QED) is 0.198. The molecular weight excluding hydrogens is 534 g/mol. The van der Waals surface area contributed by atoms with Gasteiger partial charge in [-0.3, -0.25) is 9.59 Å². The van der Waals surface area contributed by atoms with Gasteiger partial charge >= 0.3 is 0 Å². The molecule has 1 aliphatic rings. The number of nitrogens with zero attached hydrogens (tertiary/aromatic N) is 1. The van der Waals surface area contributed by atoms with Crippen molar-refractivity contribution in [1.82, 2.24) is 0 Å². The highest BCUT2D eigenvalue weighted by Gasteiger charge is 2.39. The van der Waals surface area contributed by atoms with Gasteiger partial charge in [0.15, 0.2) is 11.6 Å². The molecule has 0 atom stereocenters. The first-order valence-electron chi connectivity index (χ1n) is 13.2. The monoisotopic (exact) mass is 557 g/mol. The highest BCUT2D eigenvalue weighted by atomic mass is 35.5. The first-order valence-corrected chi connectivity index (χ1v) is 14.4. The van der Waals surface area contributed by atoms with Crippen molar-refractivity contribution in [1.29, 1.82) is 0 Å². The SMILES string of the molecule is Cc1ccc(N(c2ccc(Cl)cc2)c2ccc(CC3C(=O)c4cc5ccccc5cc4C3=O)s2)c2ccccc12. The van der Waals surface area contributed by atoms with Crippen molar-refractivity contribution in [2.24, 2.45) is 5.92 Å². The van der Waals surface area contributed by atoms with Gasteiger partial charge in [-0.15, -0.1) is 11.3 Å². The third-order valence-electron chi connectivity index (χ3n) is 7.77. The molecule has 0 bridgehead atoms. The summed E-state index contributed by atoms with van der Waals surface area (Å²) < 4.78 is 0. The lowest BCUT2D eigenvalue weighted by molar-refractivity contribution is 0.0839. The number of carbonyl (C=O) groups excluding carboxylic acids is 2. The Labute approximate surface area is 241 Å². The molecule has 0 N–H and O–H groups in total. The molecule has 1 aliphatic carbocycles. The number of thiophene rings is 1. The molecule has 0 aliphatic heterocycles. The van der Waals surface area contributed by atoms with Gasteiger partial charge in [0.25, 0.3) is 0 Å². The second-order valence-corrected chi connectivity index (χ2v) is 11.8. The number of rotatable bonds is 5. The number of hydrogen-bond donors (Lipinski definition) is 0. The van der Waals surface area contributed by atoms with Gasteiger partial charge in [0.2, 0.25) is 0 Å². The van der Waals surface area contributed by atoms with E-state index >= 15 is 0 Å². The van der Waals surface area contributed by atoms with Crippen LogP contribution in [0.3, 0.4) is 0 Å². The van der Waals surface area contributed by atoms with E-state index in [1.165, 1.54) is 10.9 Å². The van der Waals surface area contributed by atoms with Crippen LogP contribution in [-0.2, 0) is 6.42 Å². The van der Waals surface area contributed by atoms with Crippen molar-refractivity contribution in [2.75, 3.05) is 4.90 Å². The minimum Gasteiger partial charge on any atom is -0.301 e. The van der Waals surface area contributed by atoms with E-state index in [0.29, 0.717) is 22.6 Å². The number of hydrogen-bond acceptors (Lipinski definition) is 4. The van der Waals surface area contributed by atoms with Crippen molar-refractivity contribution in [3.63, 3.8) is 0 Å². The van der Waals surface area contributed by atoms with Gasteiger partial charge in [0.05, 0.1) is 11.6 Å². The minimum atomic E-state index is -0.692. The number of aryl methyl sites for hydroxylation is 1. The van der Waals surface area contributed by atoms with E-state index in [9.17, 15) is 9.59 Å². The van der Waals surface area contributed by atoms with Crippen molar-refractivity contribution in [3.05, 3.63) is 136 Å². The third kappa shape index (κ3) is 4.12. The summed E-state index contributed by atoms with van der Waals surface area (Å²) in [5.41, 5.74) is 4.34. The van der Waals surface area contributed by atoms with Crippen LogP contribution < -0.4 is 4.90 Å². The molecule has 6 aromatic rings. The van der Waals surface area contributed by atoms with Gasteiger partial charge in [-0.2, -0.15) is 0 Å². The van der Waals surface area contributed by atoms with Crippen molar-refractivity contribution in [3.8, 4) is 0 Å². The number of anilines is 3. The maximum absolute atomic E-state index is 13.4. The van der Waals surface area contributed by atoms with Gasteiger partial charge in [0, 0.05) is 32.1 Å². The lowest BCUT2D eigenvalue weighted by atomic mass is 9.99. The number of carbonyl (C=O) groups is 2. The summed E-state index contributed by atoms with van der Waals surface area (Å²) >= 11 is 7.85. The van der Waals surface area contributed by atoms with Gasteiger partial charge < -0.3 is 4.90 Å². The van der Waals surface area contributed by atoms with E-state index in [1.807, 2.05) is 66.7 Å². The fourth-order valence-corrected chi connectivity index (χ4v) is 6.94. The largest absolute Gasteiger partial charge is 0.301 e. The first-order chi connectivity index (χ1) is 19.5. The summed E-state index contributed by atoms with van der Waals surface area (Å²) in [6.45, 7) is 2.12. The van der Waals surface area contributed by atoms with E-state index in [4.69, 9.17) is 11.6 Å². The number of ketones is 2. The van der Waals surface area contributed by atoms with Crippen LogP contribution >= 0.6 is 22.9 Å². The van der Waals surface area contributed by atoms with Crippen molar-refractivity contribution in [2.45, 2.75) is 13.3 Å². The third-order valence-corrected chi connectivity index (χ3v) is 9.11. The molecule has 0 amide bonds. The molecule has 0 radical (unpaired) electrons. The Hall–Kier alpha value is -4.25. The molecule has 5 heteroatoms. The Morgan fingerprint density at radius 2 is 1.35 bits per heavy atom. The highest BCUT2D eigenvalue weighted by molar-refractivity contribution is 7.16. The maximum Gasteiger partial charge on any atom is 0.174 e. The summed E-state index contributed by atoms with van der Waals surface area (Å²) in [7, 11) is 0. The van der Waals surface area contributed by atoms with E-state index in [0.717, 1.165) is 37.4 Å². The van der Waals surface area contributed by atoms with Crippen LogP contribution in [0.25, 0.3) is 21.5 Å². The van der Waals surface area contributed by atoms with Gasteiger partial charge in [0.1, 0.15) is 5.00 Å². The second-order valence-electron chi connectivity index (χ2n) is 10.2. The lowest BCUT2D eigenvalue weighted by Crippen LogP contribution is -2.17. The molecule has 194 valence electrons. The summed E-state index contributed by atoms with van der Waals surface area (Å²) in [4.78, 5) is 30.0. The molecular formula is C35H24ClNO2S. The minimum absolute atomic E-state index is 0.0835. The Morgan fingerprint density at radius 3 is 2.02 bits per heavy atom. The van der Waals surface area contributed by atoms with E-state index < -0.39 is 5.92 Å². The van der Waals surface area contributed by atoms with E-state index in [1.54, 1.807) is 11.3 Å². The van der Waals surface area contributed by atoms with Crippen molar-refractivity contribution < 1.29 is 9.59 Å². The Balaban J connectivity index is 1.27. The highest BCUT2D eigenvalue weighted by Crippen LogP contribution is 2.44. The Morgan fingerprint density at radius 1 is 0.725 bits per heavy atom. The summed E-state index contributed by atoms with van der Waals surface area (Å²) in [5.74, 6) is -0.859. The Bertz CT molecular complexity index is 1900. The molecule has 0 unspecified atom stereocenters. The topological polar surface area (TPSA) is 37.4 Å². The predicted octanol–water partition coefficient (Wildman–Crippen LogP) is 9.72. The van der Waals surface area contributed by atoms with E-state index in [-0.39, 0.29) is 11.6 Å². The normalized spacial score (nSPS) is 13.3. The second kappa shape index (κ2) is 9.74. The first kappa shape index (κ1) is 24.8. The summed E-state index contributed by atoms with van der Waals surface area (Å²) in [5, 5.41) is 5.98. The molecule has 7 rings (SSSR count). The number of fused-ring (bicyclic) bond motifs is 3. The summed E-state index contributed by atoms with van der Waals surface area (Å²) in [6, 6.07) is 36.2. The Kier molecular flexibility index (Phi) is 6.03. The standard InChI is InChI=1S/C35H24ClNO2S/c1-21-10-16-32(28-9-5-4-8-27(21)28)37(25-13-11-24(36)12-14-25)33-17-15-26(40-33)20-31-34(38)29-18-22-6-2-3-7-23(22)19-30(29)35(31)39/h2-19,31H,20H2,1H3. The van der Waals surface area contributed by atoms with Crippen LogP contribution in [0.1, 0.15) is 31.2 Å². The molecule has 0 saturated carbocycles. The predicted molar refractivity (Wildman–Crippen MR) is 166 cm³/mol. The molecule has 1 aromatic heterocycles. The van der Waals surface area contributed by atoms with Crippen LogP contribution in [0.15, 0.2) is 109 Å². The van der Waals surface area contributed by atoms with E-state index in [2.05, 4.69) is 54.3 Å². The van der Waals surface area contributed by atoms with Crippen LogP contribution in [-0.4, -0.2) is 11.6 Å². The molecule has 40 heavy (non-hydrogen) atoms. The number of benzene rings is 5. The maximum atomic E-state index is 13.4. The fraction of sp³-hybridized carbons (Fsp3) is 0.0857. The molecule has 5 aromatic carbocycles. The van der Waals surface area contributed by atoms with Gasteiger partial charge in [-0.1, -0.05) is 66.2 Å². The average Bonchev–Trinajstić information content (AvgIpc) is 3.53. The van der Waals surface area contributed by atoms with Crippen LogP contribution in [0.5, 0.6) is 0 Å². The lowest BCUT2D eigenvalue weighted by Gasteiger charge is -2.25. The smallest absolute Gasteiger partial charge is 0.174 e. The number of halogens is 1. The van der Waals surface area contributed by atoms with Crippen LogP contribution in [0.2, 0.25) is 5.02 Å². The zero-order chi connectivity index (χ0) is 27.4. The zero-order valence-corrected chi connectivity index (χ0v) is 23.3. The molecule has 3 nitrogen and oxygen atoms in total. The van der Waals surface area contributed by atoms with Gasteiger partial charge in [-0.05, 0) is 89.7 Å². The zero-order valence-electron chi connectivity index (χ0n) is 21.7. The molecule has 0 saturated heterocycles. The van der Waals surface area contributed by atoms with Crippen LogP contribution in [0.4, 0.5) is 16.4 Å². The molecule has 0 fully saturated rings. The fourth-order valence-electron chi connectivity index (χ4n) is 5.73. The van der Waals surface area contributed by atoms with Crippen molar-refractivity contribution >= 4 is 72.4 Å². The number of Topliss-reactive ketones (excluding diaryl/α,β-unsaturated/α-hetero) is 2. The molecule has 1 heterocycles. The molecule has 0 spiro atoms. The summed E-state index contributed by atoms with van der Waals surface area (Å²) in [6.07, 6.45) is 0.385.